The fourth-order valence-electron chi connectivity index (χ4n) is 3.14. The van der Waals surface area contributed by atoms with Crippen LogP contribution in [0.15, 0.2) is 65.8 Å². The molecule has 3 aromatic rings. The highest BCUT2D eigenvalue weighted by Gasteiger charge is 2.27. The van der Waals surface area contributed by atoms with Crippen molar-refractivity contribution < 1.29 is 9.53 Å². The highest BCUT2D eigenvalue weighted by atomic mass is 32.2. The molecule has 4 rings (SSSR count). The van der Waals surface area contributed by atoms with Gasteiger partial charge < -0.3 is 4.74 Å². The molecule has 0 unspecified atom stereocenters. The number of aromatic nitrogens is 4. The Kier molecular flexibility index (Phi) is 5.60. The summed E-state index contributed by atoms with van der Waals surface area (Å²) >= 11 is 1.38. The molecular formula is C20H20N4O2S. The van der Waals surface area contributed by atoms with Crippen LogP contribution in [0.5, 0.6) is 0 Å². The van der Waals surface area contributed by atoms with Gasteiger partial charge in [0.25, 0.3) is 0 Å². The first-order valence-corrected chi connectivity index (χ1v) is 9.88. The van der Waals surface area contributed by atoms with Gasteiger partial charge in [-0.25, -0.2) is 4.68 Å². The van der Waals surface area contributed by atoms with Gasteiger partial charge in [-0.1, -0.05) is 72.4 Å². The molecule has 0 saturated carbocycles. The van der Waals surface area contributed by atoms with E-state index in [0.29, 0.717) is 17.3 Å². The number of thioether (sulfide) groups is 1. The molecule has 27 heavy (non-hydrogen) atoms. The molecule has 1 aliphatic heterocycles. The van der Waals surface area contributed by atoms with E-state index in [4.69, 9.17) is 4.74 Å². The minimum atomic E-state index is -0.414. The lowest BCUT2D eigenvalue weighted by Crippen LogP contribution is -2.18. The predicted octanol–water partition coefficient (Wildman–Crippen LogP) is 3.57. The number of hydrogen-bond acceptors (Lipinski definition) is 6. The molecule has 0 amide bonds. The number of ether oxygens (including phenoxy) is 1. The fourth-order valence-corrected chi connectivity index (χ4v) is 4.20. The van der Waals surface area contributed by atoms with Crippen LogP contribution in [0.1, 0.15) is 34.0 Å². The minimum absolute atomic E-state index is 0.0402. The van der Waals surface area contributed by atoms with Gasteiger partial charge in [0.05, 0.1) is 12.6 Å². The lowest BCUT2D eigenvalue weighted by Gasteiger charge is -2.16. The molecule has 6 nitrogen and oxygen atoms in total. The molecule has 0 spiro atoms. The van der Waals surface area contributed by atoms with Crippen LogP contribution in [0.2, 0.25) is 0 Å². The van der Waals surface area contributed by atoms with E-state index in [-0.39, 0.29) is 11.9 Å². The summed E-state index contributed by atoms with van der Waals surface area (Å²) < 4.78 is 7.44. The number of hydrogen-bond donors (Lipinski definition) is 0. The maximum atomic E-state index is 13.2. The molecule has 0 radical (unpaired) electrons. The van der Waals surface area contributed by atoms with Gasteiger partial charge in [0, 0.05) is 12.2 Å². The van der Waals surface area contributed by atoms with Crippen molar-refractivity contribution in [3.05, 3.63) is 71.8 Å². The highest BCUT2D eigenvalue weighted by molar-refractivity contribution is 8.00. The van der Waals surface area contributed by atoms with E-state index in [1.54, 1.807) is 4.68 Å². The molecule has 1 aliphatic rings. The van der Waals surface area contributed by atoms with Gasteiger partial charge in [-0.3, -0.25) is 4.79 Å². The molecule has 0 bridgehead atoms. The highest BCUT2D eigenvalue weighted by Crippen LogP contribution is 2.36. The van der Waals surface area contributed by atoms with E-state index in [1.165, 1.54) is 11.8 Å². The number of carbonyl (C=O) groups is 1. The molecule has 1 fully saturated rings. The third-order valence-corrected chi connectivity index (χ3v) is 5.75. The first kappa shape index (κ1) is 17.9. The number of nitrogens with zero attached hydrogens (tertiary/aromatic N) is 4. The second kappa shape index (κ2) is 8.45. The standard InChI is InChI=1S/C20H20N4O2S/c25-18(15-8-3-1-4-9-15)19(16-10-5-2-6-11-16)27-20-21-22-23-24(20)14-17-12-7-13-26-17/h1-6,8-11,17,19H,7,12-14H2/t17-,19+/m1/s1. The molecule has 1 saturated heterocycles. The number of benzene rings is 2. The average Bonchev–Trinajstić information content (AvgIpc) is 3.39. The Labute approximate surface area is 161 Å². The van der Waals surface area contributed by atoms with E-state index in [2.05, 4.69) is 15.5 Å². The summed E-state index contributed by atoms with van der Waals surface area (Å²) in [5, 5.41) is 12.3. The van der Waals surface area contributed by atoms with Crippen molar-refractivity contribution >= 4 is 17.5 Å². The summed E-state index contributed by atoms with van der Waals surface area (Å²) in [4.78, 5) is 13.2. The Hall–Kier alpha value is -2.51. The molecule has 0 N–H and O–H groups in total. The van der Waals surface area contributed by atoms with Crippen molar-refractivity contribution in [1.82, 2.24) is 20.2 Å². The topological polar surface area (TPSA) is 69.9 Å². The maximum Gasteiger partial charge on any atom is 0.210 e. The molecule has 1 aromatic heterocycles. The number of rotatable bonds is 7. The quantitative estimate of drug-likeness (QED) is 0.461. The van der Waals surface area contributed by atoms with E-state index in [9.17, 15) is 4.79 Å². The van der Waals surface area contributed by atoms with Crippen LogP contribution >= 0.6 is 11.8 Å². The molecule has 2 atom stereocenters. The average molecular weight is 380 g/mol. The Morgan fingerprint density at radius 2 is 1.89 bits per heavy atom. The SMILES string of the molecule is O=C(c1ccccc1)[C@@H](Sc1nnnn1C[C@H]1CCCO1)c1ccccc1. The Balaban J connectivity index is 1.60. The minimum Gasteiger partial charge on any atom is -0.376 e. The third kappa shape index (κ3) is 4.26. The Morgan fingerprint density at radius 1 is 1.15 bits per heavy atom. The maximum absolute atomic E-state index is 13.2. The van der Waals surface area contributed by atoms with Crippen molar-refractivity contribution in [3.8, 4) is 0 Å². The second-order valence-corrected chi connectivity index (χ2v) is 7.49. The Bertz CT molecular complexity index is 879. The summed E-state index contributed by atoms with van der Waals surface area (Å²) in [6, 6.07) is 19.1. The van der Waals surface area contributed by atoms with E-state index < -0.39 is 5.25 Å². The van der Waals surface area contributed by atoms with Crippen molar-refractivity contribution in [1.29, 1.82) is 0 Å². The first-order valence-electron chi connectivity index (χ1n) is 9.00. The molecule has 2 heterocycles. The van der Waals surface area contributed by atoms with Gasteiger partial charge in [0.1, 0.15) is 5.25 Å². The number of Topliss-reactive ketones (excluding diaryl/α,β-unsaturated/α-hetero) is 1. The van der Waals surface area contributed by atoms with E-state index >= 15 is 0 Å². The smallest absolute Gasteiger partial charge is 0.210 e. The Morgan fingerprint density at radius 3 is 2.59 bits per heavy atom. The summed E-state index contributed by atoms with van der Waals surface area (Å²) in [6.45, 7) is 1.39. The zero-order valence-electron chi connectivity index (χ0n) is 14.8. The molecule has 2 aromatic carbocycles. The molecular weight excluding hydrogens is 360 g/mol. The number of ketones is 1. The number of carbonyl (C=O) groups excluding carboxylic acids is 1. The van der Waals surface area contributed by atoms with Gasteiger partial charge in [-0.2, -0.15) is 0 Å². The van der Waals surface area contributed by atoms with Crippen LogP contribution in [0.3, 0.4) is 0 Å². The summed E-state index contributed by atoms with van der Waals surface area (Å²) in [5.74, 6) is 0.0402. The predicted molar refractivity (Wildman–Crippen MR) is 103 cm³/mol. The summed E-state index contributed by atoms with van der Waals surface area (Å²) in [7, 11) is 0. The largest absolute Gasteiger partial charge is 0.376 e. The van der Waals surface area contributed by atoms with Gasteiger partial charge in [0.15, 0.2) is 5.78 Å². The van der Waals surface area contributed by atoms with Gasteiger partial charge in [0.2, 0.25) is 5.16 Å². The normalized spacial score (nSPS) is 17.7. The monoisotopic (exact) mass is 380 g/mol. The van der Waals surface area contributed by atoms with Gasteiger partial charge in [-0.15, -0.1) is 5.10 Å². The molecule has 0 aliphatic carbocycles. The summed E-state index contributed by atoms with van der Waals surface area (Å²) in [5.41, 5.74) is 1.61. The van der Waals surface area contributed by atoms with Crippen LogP contribution in [-0.4, -0.2) is 38.7 Å². The lowest BCUT2D eigenvalue weighted by atomic mass is 10.0. The van der Waals surface area contributed by atoms with Crippen molar-refractivity contribution in [3.63, 3.8) is 0 Å². The number of tetrazole rings is 1. The van der Waals surface area contributed by atoms with E-state index in [0.717, 1.165) is 25.0 Å². The lowest BCUT2D eigenvalue weighted by molar-refractivity contribution is 0.0911. The molecule has 138 valence electrons. The zero-order chi connectivity index (χ0) is 18.5. The third-order valence-electron chi connectivity index (χ3n) is 4.52. The first-order chi connectivity index (χ1) is 13.3. The van der Waals surface area contributed by atoms with Crippen molar-refractivity contribution in [2.24, 2.45) is 0 Å². The van der Waals surface area contributed by atoms with Crippen LogP contribution in [0.4, 0.5) is 0 Å². The second-order valence-electron chi connectivity index (χ2n) is 6.42. The molecule has 7 heteroatoms. The zero-order valence-corrected chi connectivity index (χ0v) is 15.6. The van der Waals surface area contributed by atoms with E-state index in [1.807, 2.05) is 60.7 Å². The van der Waals surface area contributed by atoms with Crippen LogP contribution < -0.4 is 0 Å². The van der Waals surface area contributed by atoms with Crippen LogP contribution in [0.25, 0.3) is 0 Å². The van der Waals surface area contributed by atoms with Crippen LogP contribution in [0, 0.1) is 0 Å². The van der Waals surface area contributed by atoms with Gasteiger partial charge >= 0.3 is 0 Å². The van der Waals surface area contributed by atoms with Crippen molar-refractivity contribution in [2.45, 2.75) is 35.9 Å². The summed E-state index contributed by atoms with van der Waals surface area (Å²) in [6.07, 6.45) is 2.21. The van der Waals surface area contributed by atoms with Crippen molar-refractivity contribution in [2.75, 3.05) is 6.61 Å². The van der Waals surface area contributed by atoms with Gasteiger partial charge in [-0.05, 0) is 28.8 Å². The van der Waals surface area contributed by atoms with Crippen LogP contribution in [-0.2, 0) is 11.3 Å². The fraction of sp³-hybridized carbons (Fsp3) is 0.300.